The minimum absolute atomic E-state index is 0.00245. The molecule has 3 fully saturated rings. The Bertz CT molecular complexity index is 716. The molecule has 5 nitrogen and oxygen atoms in total. The van der Waals surface area contributed by atoms with E-state index in [1.165, 1.54) is 19.3 Å². The van der Waals surface area contributed by atoms with Crippen molar-refractivity contribution in [3.63, 3.8) is 0 Å². The molecule has 2 heterocycles. The highest BCUT2D eigenvalue weighted by Crippen LogP contribution is 2.71. The second kappa shape index (κ2) is 6.80. The summed E-state index contributed by atoms with van der Waals surface area (Å²) in [6, 6.07) is 0. The Labute approximate surface area is 175 Å². The Hall–Kier alpha value is -0.910. The van der Waals surface area contributed by atoms with Crippen molar-refractivity contribution in [3.05, 3.63) is 11.1 Å². The molecule has 0 amide bonds. The van der Waals surface area contributed by atoms with Gasteiger partial charge in [-0.2, -0.15) is 0 Å². The van der Waals surface area contributed by atoms with Crippen molar-refractivity contribution < 1.29 is 19.0 Å². The standard InChI is InChI=1S/C24H37NO4/c1-5-24(28-4)11-10-22(15-29-24)17-8-6-16-7-9-18-19(21(26)27-3)12-23(22,20(16)18)14-25(2)13-17/h17-19H,5-15H2,1-4H3/t17-,18+,19+,22-,23-,24+/m1/s1. The summed E-state index contributed by atoms with van der Waals surface area (Å²) in [4.78, 5) is 15.4. The molecule has 5 aliphatic rings. The number of nitrogens with zero attached hydrogens (tertiary/aromatic N) is 1. The van der Waals surface area contributed by atoms with Gasteiger partial charge in [-0.1, -0.05) is 18.1 Å². The van der Waals surface area contributed by atoms with E-state index in [9.17, 15) is 4.79 Å². The van der Waals surface area contributed by atoms with Crippen LogP contribution in [0.4, 0.5) is 0 Å². The maximum absolute atomic E-state index is 12.8. The number of carbonyl (C=O) groups excluding carboxylic acids is 1. The van der Waals surface area contributed by atoms with E-state index in [1.807, 2.05) is 0 Å². The fraction of sp³-hybridized carbons (Fsp3) is 0.875. The SMILES string of the molecule is CC[C@@]1(OC)CC[C@@]2(CO1)[C@@H]1CCC3=C4[C@@H](CC3)[C@@H](C(=O)OC)C[C@@]42CN(C)C1. The number of hydrogen-bond donors (Lipinski definition) is 0. The van der Waals surface area contributed by atoms with Crippen LogP contribution in [0.15, 0.2) is 11.1 Å². The van der Waals surface area contributed by atoms with Gasteiger partial charge in [-0.05, 0) is 63.8 Å². The van der Waals surface area contributed by atoms with Crippen molar-refractivity contribution in [1.29, 1.82) is 0 Å². The number of carbonyl (C=O) groups is 1. The predicted molar refractivity (Wildman–Crippen MR) is 110 cm³/mol. The molecule has 6 atom stereocenters. The van der Waals surface area contributed by atoms with Crippen molar-refractivity contribution in [2.45, 2.75) is 64.1 Å². The van der Waals surface area contributed by atoms with Gasteiger partial charge in [0.15, 0.2) is 5.79 Å². The van der Waals surface area contributed by atoms with Gasteiger partial charge in [-0.25, -0.2) is 0 Å². The van der Waals surface area contributed by atoms with Gasteiger partial charge in [0, 0.05) is 37.5 Å². The lowest BCUT2D eigenvalue weighted by atomic mass is 9.50. The van der Waals surface area contributed by atoms with Gasteiger partial charge < -0.3 is 19.1 Å². The van der Waals surface area contributed by atoms with Crippen LogP contribution < -0.4 is 0 Å². The predicted octanol–water partition coefficient (Wildman–Crippen LogP) is 3.78. The highest BCUT2D eigenvalue weighted by molar-refractivity contribution is 5.75. The molecular formula is C24H37NO4. The lowest BCUT2D eigenvalue weighted by Crippen LogP contribution is -2.64. The van der Waals surface area contributed by atoms with Crippen LogP contribution in [0, 0.1) is 28.6 Å². The lowest BCUT2D eigenvalue weighted by molar-refractivity contribution is -0.294. The summed E-state index contributed by atoms with van der Waals surface area (Å²) in [6.07, 6.45) is 8.72. The number of methoxy groups -OCH3 is 2. The van der Waals surface area contributed by atoms with Crippen molar-refractivity contribution in [2.75, 3.05) is 41.0 Å². The van der Waals surface area contributed by atoms with E-state index in [0.29, 0.717) is 11.8 Å². The topological polar surface area (TPSA) is 48.0 Å². The minimum atomic E-state index is -0.430. The number of rotatable bonds is 3. The highest BCUT2D eigenvalue weighted by Gasteiger charge is 2.69. The summed E-state index contributed by atoms with van der Waals surface area (Å²) in [5.41, 5.74) is 3.52. The Morgan fingerprint density at radius 3 is 2.69 bits per heavy atom. The largest absolute Gasteiger partial charge is 0.469 e. The maximum Gasteiger partial charge on any atom is 0.309 e. The van der Waals surface area contributed by atoms with Gasteiger partial charge in [0.2, 0.25) is 0 Å². The first-order chi connectivity index (χ1) is 13.9. The molecule has 2 saturated heterocycles. The first-order valence-electron chi connectivity index (χ1n) is 11.6. The highest BCUT2D eigenvalue weighted by atomic mass is 16.7. The van der Waals surface area contributed by atoms with Crippen molar-refractivity contribution in [2.24, 2.45) is 28.6 Å². The number of likely N-dealkylation sites (tertiary alicyclic amines) is 1. The fourth-order valence-corrected chi connectivity index (χ4v) is 8.32. The molecule has 0 aromatic rings. The third-order valence-electron chi connectivity index (χ3n) is 9.64. The first kappa shape index (κ1) is 20.0. The number of allylic oxidation sites excluding steroid dienone is 1. The monoisotopic (exact) mass is 403 g/mol. The van der Waals surface area contributed by atoms with Gasteiger partial charge in [-0.15, -0.1) is 0 Å². The number of ether oxygens (including phenoxy) is 3. The summed E-state index contributed by atoms with van der Waals surface area (Å²) in [5.74, 6) is 0.606. The summed E-state index contributed by atoms with van der Waals surface area (Å²) in [5, 5.41) is 0. The van der Waals surface area contributed by atoms with Crippen LogP contribution in [-0.4, -0.2) is 57.6 Å². The van der Waals surface area contributed by atoms with Gasteiger partial charge in [0.25, 0.3) is 0 Å². The van der Waals surface area contributed by atoms with E-state index in [-0.39, 0.29) is 22.7 Å². The molecule has 3 aliphatic carbocycles. The number of piperidine rings is 1. The maximum atomic E-state index is 12.8. The molecular weight excluding hydrogens is 366 g/mol. The molecule has 0 unspecified atom stereocenters. The molecule has 0 radical (unpaired) electrons. The summed E-state index contributed by atoms with van der Waals surface area (Å²) in [6.45, 7) is 5.13. The van der Waals surface area contributed by atoms with Crippen molar-refractivity contribution in [1.82, 2.24) is 4.90 Å². The fourth-order valence-electron chi connectivity index (χ4n) is 8.32. The molecule has 0 aromatic carbocycles. The zero-order valence-corrected chi connectivity index (χ0v) is 18.6. The first-order valence-corrected chi connectivity index (χ1v) is 11.6. The van der Waals surface area contributed by atoms with Crippen molar-refractivity contribution in [3.8, 4) is 0 Å². The molecule has 1 saturated carbocycles. The molecule has 0 aromatic heterocycles. The second-order valence-corrected chi connectivity index (χ2v) is 10.4. The zero-order valence-electron chi connectivity index (χ0n) is 18.6. The number of hydrogen-bond acceptors (Lipinski definition) is 5. The van der Waals surface area contributed by atoms with Crippen LogP contribution in [0.2, 0.25) is 0 Å². The van der Waals surface area contributed by atoms with E-state index in [4.69, 9.17) is 14.2 Å². The summed E-state index contributed by atoms with van der Waals surface area (Å²) < 4.78 is 17.8. The van der Waals surface area contributed by atoms with Gasteiger partial charge in [0.05, 0.1) is 19.6 Å². The van der Waals surface area contributed by atoms with Crippen LogP contribution in [0.3, 0.4) is 0 Å². The lowest BCUT2D eigenvalue weighted by Gasteiger charge is -2.62. The average molecular weight is 404 g/mol. The van der Waals surface area contributed by atoms with E-state index in [2.05, 4.69) is 18.9 Å². The minimum Gasteiger partial charge on any atom is -0.469 e. The van der Waals surface area contributed by atoms with E-state index < -0.39 is 5.79 Å². The van der Waals surface area contributed by atoms with E-state index in [1.54, 1.807) is 25.4 Å². The van der Waals surface area contributed by atoms with Crippen LogP contribution in [0.25, 0.3) is 0 Å². The van der Waals surface area contributed by atoms with E-state index >= 15 is 0 Å². The summed E-state index contributed by atoms with van der Waals surface area (Å²) in [7, 11) is 5.62. The molecule has 2 aliphatic heterocycles. The number of esters is 1. The van der Waals surface area contributed by atoms with Crippen LogP contribution >= 0.6 is 0 Å². The van der Waals surface area contributed by atoms with Crippen molar-refractivity contribution >= 4 is 5.97 Å². The third-order valence-corrected chi connectivity index (χ3v) is 9.64. The normalized spacial score (nSPS) is 46.7. The van der Waals surface area contributed by atoms with Crippen LogP contribution in [0.5, 0.6) is 0 Å². The molecule has 2 bridgehead atoms. The van der Waals surface area contributed by atoms with Crippen LogP contribution in [-0.2, 0) is 19.0 Å². The molecule has 0 N–H and O–H groups in total. The Balaban J connectivity index is 1.62. The Kier molecular flexibility index (Phi) is 4.69. The van der Waals surface area contributed by atoms with Gasteiger partial charge in [0.1, 0.15) is 0 Å². The van der Waals surface area contributed by atoms with Gasteiger partial charge >= 0.3 is 5.97 Å². The quantitative estimate of drug-likeness (QED) is 0.530. The Morgan fingerprint density at radius 1 is 1.24 bits per heavy atom. The van der Waals surface area contributed by atoms with Crippen LogP contribution in [0.1, 0.15) is 58.3 Å². The summed E-state index contributed by atoms with van der Waals surface area (Å²) >= 11 is 0. The molecule has 2 spiro atoms. The Morgan fingerprint density at radius 2 is 2.03 bits per heavy atom. The van der Waals surface area contributed by atoms with Gasteiger partial charge in [-0.3, -0.25) is 4.79 Å². The molecule has 162 valence electrons. The molecule has 5 rings (SSSR count). The van der Waals surface area contributed by atoms with E-state index in [0.717, 1.165) is 51.8 Å². The molecule has 5 heteroatoms. The molecule has 29 heavy (non-hydrogen) atoms. The second-order valence-electron chi connectivity index (χ2n) is 10.4. The third kappa shape index (κ3) is 2.53. The average Bonchev–Trinajstić information content (AvgIpc) is 3.28. The zero-order chi connectivity index (χ0) is 20.4. The smallest absolute Gasteiger partial charge is 0.309 e.